The number of aryl methyl sites for hydroxylation is 2. The Morgan fingerprint density at radius 3 is 2.55 bits per heavy atom. The van der Waals surface area contributed by atoms with Crippen LogP contribution in [0.3, 0.4) is 0 Å². The molecule has 2 aromatic carbocycles. The molecule has 0 saturated carbocycles. The molecule has 2 heterocycles. The van der Waals surface area contributed by atoms with Crippen molar-refractivity contribution in [1.29, 1.82) is 0 Å². The number of hydrogen-bond donors (Lipinski definition) is 1. The predicted octanol–water partition coefficient (Wildman–Crippen LogP) is 4.46. The largest absolute Gasteiger partial charge is 0.379 e. The van der Waals surface area contributed by atoms with Crippen molar-refractivity contribution in [2.75, 3.05) is 5.32 Å². The molecule has 146 valence electrons. The first-order valence-corrected chi connectivity index (χ1v) is 10.3. The number of carbonyl (C=O) groups excluding carboxylic acids is 1. The number of anilines is 1. The van der Waals surface area contributed by atoms with Crippen LogP contribution >= 0.6 is 11.3 Å². The highest BCUT2D eigenvalue weighted by Gasteiger charge is 2.17. The van der Waals surface area contributed by atoms with Gasteiger partial charge in [-0.25, -0.2) is 4.98 Å². The van der Waals surface area contributed by atoms with Gasteiger partial charge < -0.3 is 5.32 Å². The molecule has 0 fully saturated rings. The fourth-order valence-electron chi connectivity index (χ4n) is 2.98. The molecule has 7 heteroatoms. The van der Waals surface area contributed by atoms with Crippen LogP contribution in [0.15, 0.2) is 66.9 Å². The lowest BCUT2D eigenvalue weighted by Crippen LogP contribution is -2.00. The molecule has 0 bridgehead atoms. The molecule has 0 atom stereocenters. The monoisotopic (exact) mass is 403 g/mol. The number of rotatable bonds is 8. The Balaban J connectivity index is 1.41. The van der Waals surface area contributed by atoms with E-state index in [4.69, 9.17) is 0 Å². The van der Waals surface area contributed by atoms with Crippen LogP contribution in [0.1, 0.15) is 33.0 Å². The van der Waals surface area contributed by atoms with Gasteiger partial charge in [0.05, 0.1) is 23.3 Å². The van der Waals surface area contributed by atoms with Gasteiger partial charge >= 0.3 is 0 Å². The summed E-state index contributed by atoms with van der Waals surface area (Å²) in [5, 5.41) is 12.3. The quantitative estimate of drug-likeness (QED) is 0.440. The second-order valence-electron chi connectivity index (χ2n) is 6.69. The number of benzene rings is 2. The number of ketones is 1. The minimum Gasteiger partial charge on any atom is -0.379 e. The summed E-state index contributed by atoms with van der Waals surface area (Å²) in [6.07, 6.45) is 3.04. The molecule has 2 aromatic heterocycles. The van der Waals surface area contributed by atoms with Crippen molar-refractivity contribution in [3.63, 3.8) is 0 Å². The first-order chi connectivity index (χ1) is 14.2. The van der Waals surface area contributed by atoms with Crippen LogP contribution in [0.5, 0.6) is 0 Å². The van der Waals surface area contributed by atoms with Crippen LogP contribution < -0.4 is 5.32 Å². The van der Waals surface area contributed by atoms with Crippen LogP contribution in [0.25, 0.3) is 5.13 Å². The number of nitrogens with zero attached hydrogens (tertiary/aromatic N) is 4. The first-order valence-electron chi connectivity index (χ1n) is 9.44. The SMILES string of the molecule is Cc1nc(-n2cc(CNc3ccccc3)nn2)sc1C(=O)CCc1ccccc1. The molecule has 6 nitrogen and oxygen atoms in total. The number of nitrogens with one attached hydrogen (secondary N) is 1. The van der Waals surface area contributed by atoms with E-state index in [0.29, 0.717) is 23.0 Å². The maximum atomic E-state index is 12.7. The average molecular weight is 404 g/mol. The molecule has 0 aliphatic rings. The third-order valence-electron chi connectivity index (χ3n) is 4.51. The zero-order chi connectivity index (χ0) is 20.1. The smallest absolute Gasteiger partial charge is 0.212 e. The Bertz CT molecular complexity index is 1090. The average Bonchev–Trinajstić information content (AvgIpc) is 3.39. The fourth-order valence-corrected chi connectivity index (χ4v) is 3.93. The van der Waals surface area contributed by atoms with Crippen molar-refractivity contribution >= 4 is 22.8 Å². The number of aromatic nitrogens is 4. The highest BCUT2D eigenvalue weighted by atomic mass is 32.1. The molecule has 29 heavy (non-hydrogen) atoms. The van der Waals surface area contributed by atoms with Crippen molar-refractivity contribution in [3.05, 3.63) is 88.7 Å². The number of thiazole rings is 1. The van der Waals surface area contributed by atoms with E-state index in [2.05, 4.69) is 20.6 Å². The van der Waals surface area contributed by atoms with Gasteiger partial charge in [0.2, 0.25) is 5.13 Å². The number of carbonyl (C=O) groups is 1. The van der Waals surface area contributed by atoms with Gasteiger partial charge in [-0.3, -0.25) is 4.79 Å². The van der Waals surface area contributed by atoms with Crippen LogP contribution in [0, 0.1) is 6.92 Å². The lowest BCUT2D eigenvalue weighted by Gasteiger charge is -2.02. The molecule has 1 N–H and O–H groups in total. The van der Waals surface area contributed by atoms with E-state index in [0.717, 1.165) is 29.1 Å². The zero-order valence-electron chi connectivity index (χ0n) is 16.1. The van der Waals surface area contributed by atoms with E-state index in [1.807, 2.05) is 73.8 Å². The standard InChI is InChI=1S/C22H21N5OS/c1-16-21(20(28)13-12-17-8-4-2-5-9-17)29-22(24-16)27-15-19(25-26-27)14-23-18-10-6-3-7-11-18/h2-11,15,23H,12-14H2,1H3. The van der Waals surface area contributed by atoms with Gasteiger partial charge in [0.1, 0.15) is 5.69 Å². The predicted molar refractivity (Wildman–Crippen MR) is 115 cm³/mol. The van der Waals surface area contributed by atoms with Crippen LogP contribution in [0.4, 0.5) is 5.69 Å². The summed E-state index contributed by atoms with van der Waals surface area (Å²) in [6, 6.07) is 20.0. The third-order valence-corrected chi connectivity index (χ3v) is 5.69. The summed E-state index contributed by atoms with van der Waals surface area (Å²) in [6.45, 7) is 2.43. The minimum atomic E-state index is 0.112. The molecule has 0 spiro atoms. The van der Waals surface area contributed by atoms with Gasteiger partial charge in [0.25, 0.3) is 0 Å². The van der Waals surface area contributed by atoms with Crippen molar-refractivity contribution in [3.8, 4) is 5.13 Å². The Hall–Kier alpha value is -3.32. The summed E-state index contributed by atoms with van der Waals surface area (Å²) >= 11 is 1.36. The fraction of sp³-hybridized carbons (Fsp3) is 0.182. The highest BCUT2D eigenvalue weighted by molar-refractivity contribution is 7.16. The van der Waals surface area contributed by atoms with Crippen molar-refractivity contribution in [2.45, 2.75) is 26.3 Å². The lowest BCUT2D eigenvalue weighted by atomic mass is 10.1. The van der Waals surface area contributed by atoms with Crippen LogP contribution in [-0.4, -0.2) is 25.8 Å². The molecular weight excluding hydrogens is 382 g/mol. The molecule has 4 rings (SSSR count). The second kappa shape index (κ2) is 8.79. The van der Waals surface area contributed by atoms with E-state index in [9.17, 15) is 4.79 Å². The van der Waals surface area contributed by atoms with Gasteiger partial charge in [-0.15, -0.1) is 5.10 Å². The molecular formula is C22H21N5OS. The van der Waals surface area contributed by atoms with E-state index in [-0.39, 0.29) is 5.78 Å². The summed E-state index contributed by atoms with van der Waals surface area (Å²) in [5.41, 5.74) is 3.73. The van der Waals surface area contributed by atoms with Crippen LogP contribution in [0.2, 0.25) is 0 Å². The normalized spacial score (nSPS) is 10.8. The summed E-state index contributed by atoms with van der Waals surface area (Å²) in [7, 11) is 0. The summed E-state index contributed by atoms with van der Waals surface area (Å²) in [4.78, 5) is 17.9. The zero-order valence-corrected chi connectivity index (χ0v) is 16.9. The molecule has 0 aliphatic carbocycles. The first kappa shape index (κ1) is 19.0. The van der Waals surface area contributed by atoms with Gasteiger partial charge in [-0.1, -0.05) is 65.1 Å². The topological polar surface area (TPSA) is 72.7 Å². The number of Topliss-reactive ketones (excluding diaryl/α,β-unsaturated/α-hetero) is 1. The Morgan fingerprint density at radius 1 is 1.07 bits per heavy atom. The van der Waals surface area contributed by atoms with Crippen molar-refractivity contribution < 1.29 is 4.79 Å². The van der Waals surface area contributed by atoms with Gasteiger partial charge in [0, 0.05) is 12.1 Å². The highest BCUT2D eigenvalue weighted by Crippen LogP contribution is 2.23. The van der Waals surface area contributed by atoms with E-state index < -0.39 is 0 Å². The molecule has 0 unspecified atom stereocenters. The number of hydrogen-bond acceptors (Lipinski definition) is 6. The molecule has 0 amide bonds. The van der Waals surface area contributed by atoms with Gasteiger partial charge in [-0.2, -0.15) is 4.68 Å². The molecule has 4 aromatic rings. The second-order valence-corrected chi connectivity index (χ2v) is 7.67. The third kappa shape index (κ3) is 4.75. The van der Waals surface area contributed by atoms with Crippen LogP contribution in [-0.2, 0) is 13.0 Å². The summed E-state index contributed by atoms with van der Waals surface area (Å²) in [5.74, 6) is 0.112. The maximum absolute atomic E-state index is 12.7. The Labute approximate surface area is 173 Å². The molecule has 0 radical (unpaired) electrons. The van der Waals surface area contributed by atoms with Crippen molar-refractivity contribution in [2.24, 2.45) is 0 Å². The minimum absolute atomic E-state index is 0.112. The van der Waals surface area contributed by atoms with Crippen molar-refractivity contribution in [1.82, 2.24) is 20.0 Å². The molecule has 0 aliphatic heterocycles. The lowest BCUT2D eigenvalue weighted by molar-refractivity contribution is 0.0986. The van der Waals surface area contributed by atoms with E-state index in [1.54, 1.807) is 4.68 Å². The molecule has 0 saturated heterocycles. The maximum Gasteiger partial charge on any atom is 0.212 e. The Morgan fingerprint density at radius 2 is 1.79 bits per heavy atom. The summed E-state index contributed by atoms with van der Waals surface area (Å²) < 4.78 is 1.63. The van der Waals surface area contributed by atoms with E-state index in [1.165, 1.54) is 11.3 Å². The number of para-hydroxylation sites is 1. The van der Waals surface area contributed by atoms with Gasteiger partial charge in [0.15, 0.2) is 5.78 Å². The van der Waals surface area contributed by atoms with E-state index >= 15 is 0 Å². The van der Waals surface area contributed by atoms with Gasteiger partial charge in [-0.05, 0) is 31.0 Å². The Kier molecular flexibility index (Phi) is 5.76.